The summed E-state index contributed by atoms with van der Waals surface area (Å²) in [6.45, 7) is 5.99. The number of rotatable bonds is 2. The highest BCUT2D eigenvalue weighted by Crippen LogP contribution is 2.32. The molecule has 0 aliphatic carbocycles. The van der Waals surface area contributed by atoms with E-state index in [0.717, 1.165) is 0 Å². The Bertz CT molecular complexity index is 592. The van der Waals surface area contributed by atoms with Gasteiger partial charge in [-0.25, -0.2) is 4.39 Å². The van der Waals surface area contributed by atoms with E-state index in [1.165, 1.54) is 12.1 Å². The Labute approximate surface area is 119 Å². The summed E-state index contributed by atoms with van der Waals surface area (Å²) in [6.07, 6.45) is 0. The van der Waals surface area contributed by atoms with E-state index >= 15 is 0 Å². The van der Waals surface area contributed by atoms with Crippen molar-refractivity contribution in [2.75, 3.05) is 0 Å². The van der Waals surface area contributed by atoms with Crippen LogP contribution in [0.5, 0.6) is 0 Å². The predicted octanol–water partition coefficient (Wildman–Crippen LogP) is 3.68. The molecule has 1 aromatic carbocycles. The lowest BCUT2D eigenvalue weighted by molar-refractivity contribution is 0.253. The zero-order valence-corrected chi connectivity index (χ0v) is 12.5. The van der Waals surface area contributed by atoms with E-state index in [9.17, 15) is 4.39 Å². The maximum atomic E-state index is 13.0. The van der Waals surface area contributed by atoms with E-state index < -0.39 is 0 Å². The van der Waals surface area contributed by atoms with Gasteiger partial charge in [0.1, 0.15) is 5.82 Å². The van der Waals surface area contributed by atoms with E-state index in [1.54, 1.807) is 6.07 Å². The van der Waals surface area contributed by atoms with Crippen molar-refractivity contribution in [1.82, 2.24) is 10.1 Å². The standard InChI is InChI=1S/C13H15BrFN3O/c1-13(2,3)10(16)12-17-11(18-19-12)8-5-4-7(15)6-9(8)14/h4-6,10H,16H2,1-3H3. The summed E-state index contributed by atoms with van der Waals surface area (Å²) < 4.78 is 18.8. The summed E-state index contributed by atoms with van der Waals surface area (Å²) in [5.74, 6) is 0.436. The molecule has 4 nitrogen and oxygen atoms in total. The zero-order chi connectivity index (χ0) is 14.2. The lowest BCUT2D eigenvalue weighted by Gasteiger charge is -2.23. The van der Waals surface area contributed by atoms with Crippen molar-refractivity contribution in [1.29, 1.82) is 0 Å². The maximum Gasteiger partial charge on any atom is 0.244 e. The van der Waals surface area contributed by atoms with Crippen molar-refractivity contribution >= 4 is 15.9 Å². The van der Waals surface area contributed by atoms with Crippen LogP contribution >= 0.6 is 15.9 Å². The second kappa shape index (κ2) is 5.02. The van der Waals surface area contributed by atoms with Crippen LogP contribution in [0.3, 0.4) is 0 Å². The number of nitrogens with zero attached hydrogens (tertiary/aromatic N) is 2. The molecule has 0 bridgehead atoms. The molecule has 0 spiro atoms. The SMILES string of the molecule is CC(C)(C)C(N)c1nc(-c2ccc(F)cc2Br)no1. The largest absolute Gasteiger partial charge is 0.337 e. The fraction of sp³-hybridized carbons (Fsp3) is 0.385. The van der Waals surface area contributed by atoms with Gasteiger partial charge in [-0.2, -0.15) is 4.98 Å². The molecule has 0 saturated carbocycles. The topological polar surface area (TPSA) is 64.9 Å². The highest BCUT2D eigenvalue weighted by atomic mass is 79.9. The summed E-state index contributed by atoms with van der Waals surface area (Å²) in [5, 5.41) is 3.89. The van der Waals surface area contributed by atoms with Crippen LogP contribution in [0.25, 0.3) is 11.4 Å². The van der Waals surface area contributed by atoms with Gasteiger partial charge in [-0.05, 0) is 39.5 Å². The molecule has 102 valence electrons. The molecule has 0 saturated heterocycles. The van der Waals surface area contributed by atoms with Gasteiger partial charge in [-0.3, -0.25) is 0 Å². The minimum Gasteiger partial charge on any atom is -0.337 e. The van der Waals surface area contributed by atoms with Crippen LogP contribution in [0.15, 0.2) is 27.2 Å². The fourth-order valence-electron chi connectivity index (χ4n) is 1.51. The van der Waals surface area contributed by atoms with Gasteiger partial charge in [0, 0.05) is 10.0 Å². The number of hydrogen-bond donors (Lipinski definition) is 1. The molecule has 1 unspecified atom stereocenters. The third kappa shape index (κ3) is 3.01. The van der Waals surface area contributed by atoms with Crippen molar-refractivity contribution in [3.8, 4) is 11.4 Å². The molecule has 19 heavy (non-hydrogen) atoms. The van der Waals surface area contributed by atoms with Gasteiger partial charge in [0.2, 0.25) is 11.7 Å². The minimum absolute atomic E-state index is 0.177. The number of benzene rings is 1. The van der Waals surface area contributed by atoms with Crippen molar-refractivity contribution in [3.05, 3.63) is 34.4 Å². The Morgan fingerprint density at radius 3 is 2.63 bits per heavy atom. The van der Waals surface area contributed by atoms with Gasteiger partial charge >= 0.3 is 0 Å². The molecular weight excluding hydrogens is 313 g/mol. The lowest BCUT2D eigenvalue weighted by Crippen LogP contribution is -2.26. The molecule has 0 radical (unpaired) electrons. The quantitative estimate of drug-likeness (QED) is 0.913. The minimum atomic E-state index is -0.354. The van der Waals surface area contributed by atoms with Gasteiger partial charge in [0.25, 0.3) is 0 Å². The first kappa shape index (κ1) is 14.1. The van der Waals surface area contributed by atoms with Gasteiger partial charge in [-0.1, -0.05) is 25.9 Å². The second-order valence-electron chi connectivity index (χ2n) is 5.42. The monoisotopic (exact) mass is 327 g/mol. The second-order valence-corrected chi connectivity index (χ2v) is 6.28. The number of hydrogen-bond acceptors (Lipinski definition) is 4. The third-order valence-electron chi connectivity index (χ3n) is 2.81. The molecule has 1 heterocycles. The molecule has 2 aromatic rings. The first-order chi connectivity index (χ1) is 8.79. The summed E-state index contributed by atoms with van der Waals surface area (Å²) in [4.78, 5) is 4.28. The molecule has 0 aliphatic heterocycles. The van der Waals surface area contributed by atoms with Gasteiger partial charge in [-0.15, -0.1) is 0 Å². The molecule has 2 N–H and O–H groups in total. The highest BCUT2D eigenvalue weighted by Gasteiger charge is 2.28. The Balaban J connectivity index is 2.36. The summed E-state index contributed by atoms with van der Waals surface area (Å²) >= 11 is 3.28. The molecular formula is C13H15BrFN3O. The summed E-state index contributed by atoms with van der Waals surface area (Å²) in [5.41, 5.74) is 6.55. The molecule has 0 amide bonds. The average Bonchev–Trinajstić information content (AvgIpc) is 2.75. The van der Waals surface area contributed by atoms with Crippen LogP contribution in [0.2, 0.25) is 0 Å². The smallest absolute Gasteiger partial charge is 0.244 e. The number of nitrogens with two attached hydrogens (primary N) is 1. The van der Waals surface area contributed by atoms with Crippen molar-refractivity contribution in [2.24, 2.45) is 11.1 Å². The van der Waals surface area contributed by atoms with Gasteiger partial charge < -0.3 is 10.3 Å². The molecule has 2 rings (SSSR count). The fourth-order valence-corrected chi connectivity index (χ4v) is 2.04. The van der Waals surface area contributed by atoms with Crippen molar-refractivity contribution in [2.45, 2.75) is 26.8 Å². The van der Waals surface area contributed by atoms with Crippen molar-refractivity contribution < 1.29 is 8.91 Å². The van der Waals surface area contributed by atoms with E-state index in [2.05, 4.69) is 26.1 Å². The van der Waals surface area contributed by atoms with Crippen LogP contribution in [0, 0.1) is 11.2 Å². The third-order valence-corrected chi connectivity index (χ3v) is 3.47. The first-order valence-corrected chi connectivity index (χ1v) is 6.63. The summed E-state index contributed by atoms with van der Waals surface area (Å²) in [6, 6.07) is 3.94. The van der Waals surface area contributed by atoms with Crippen LogP contribution in [0.4, 0.5) is 4.39 Å². The molecule has 1 atom stereocenters. The van der Waals surface area contributed by atoms with E-state index in [0.29, 0.717) is 21.8 Å². The van der Waals surface area contributed by atoms with E-state index in [-0.39, 0.29) is 17.3 Å². The number of halogens is 2. The predicted molar refractivity (Wildman–Crippen MR) is 73.8 cm³/mol. The van der Waals surface area contributed by atoms with E-state index in [1.807, 2.05) is 20.8 Å². The summed E-state index contributed by atoms with van der Waals surface area (Å²) in [7, 11) is 0. The van der Waals surface area contributed by atoms with Crippen LogP contribution < -0.4 is 5.73 Å². The Morgan fingerprint density at radius 2 is 2.05 bits per heavy atom. The van der Waals surface area contributed by atoms with Crippen LogP contribution in [0.1, 0.15) is 32.7 Å². The molecule has 0 fully saturated rings. The Hall–Kier alpha value is -1.27. The zero-order valence-electron chi connectivity index (χ0n) is 10.9. The first-order valence-electron chi connectivity index (χ1n) is 5.83. The number of aromatic nitrogens is 2. The van der Waals surface area contributed by atoms with Gasteiger partial charge in [0.05, 0.1) is 6.04 Å². The van der Waals surface area contributed by atoms with Gasteiger partial charge in [0.15, 0.2) is 0 Å². The van der Waals surface area contributed by atoms with Crippen molar-refractivity contribution in [3.63, 3.8) is 0 Å². The molecule has 0 aliphatic rings. The lowest BCUT2D eigenvalue weighted by atomic mass is 9.87. The molecule has 6 heteroatoms. The average molecular weight is 328 g/mol. The Kier molecular flexibility index (Phi) is 3.73. The Morgan fingerprint density at radius 1 is 1.37 bits per heavy atom. The van der Waals surface area contributed by atoms with E-state index in [4.69, 9.17) is 10.3 Å². The van der Waals surface area contributed by atoms with Crippen LogP contribution in [-0.2, 0) is 0 Å². The molecule has 1 aromatic heterocycles. The van der Waals surface area contributed by atoms with Crippen LogP contribution in [-0.4, -0.2) is 10.1 Å². The maximum absolute atomic E-state index is 13.0. The normalized spacial score (nSPS) is 13.6. The highest BCUT2D eigenvalue weighted by molar-refractivity contribution is 9.10.